The molecular formula is C15H14N2O4S. The Balaban J connectivity index is 1.54. The fourth-order valence-electron chi connectivity index (χ4n) is 2.02. The van der Waals surface area contributed by atoms with Crippen LogP contribution in [0, 0.1) is 0 Å². The minimum Gasteiger partial charge on any atom is -0.486 e. The van der Waals surface area contributed by atoms with Crippen molar-refractivity contribution < 1.29 is 19.1 Å². The summed E-state index contributed by atoms with van der Waals surface area (Å²) in [7, 11) is 0. The number of nitrogens with one attached hydrogen (secondary N) is 2. The van der Waals surface area contributed by atoms with E-state index in [0.29, 0.717) is 29.6 Å². The number of hydrogen-bond donors (Lipinski definition) is 2. The van der Waals surface area contributed by atoms with Crippen molar-refractivity contribution in [2.75, 3.05) is 13.2 Å². The summed E-state index contributed by atoms with van der Waals surface area (Å²) in [6.45, 7) is 1.03. The van der Waals surface area contributed by atoms with Crippen molar-refractivity contribution in [1.82, 2.24) is 10.9 Å². The summed E-state index contributed by atoms with van der Waals surface area (Å²) in [6, 6.07) is 8.81. The summed E-state index contributed by atoms with van der Waals surface area (Å²) >= 11 is 1.31. The molecule has 1 aliphatic heterocycles. The minimum atomic E-state index is -0.328. The maximum atomic E-state index is 11.9. The highest BCUT2D eigenvalue weighted by atomic mass is 32.1. The molecule has 1 aromatic carbocycles. The molecule has 0 atom stereocenters. The van der Waals surface area contributed by atoms with Crippen molar-refractivity contribution in [2.24, 2.45) is 0 Å². The number of carbonyl (C=O) groups excluding carboxylic acids is 2. The first kappa shape index (κ1) is 14.4. The third-order valence-electron chi connectivity index (χ3n) is 3.03. The van der Waals surface area contributed by atoms with Crippen LogP contribution in [0.2, 0.25) is 0 Å². The van der Waals surface area contributed by atoms with Crippen LogP contribution in [0.5, 0.6) is 11.5 Å². The van der Waals surface area contributed by atoms with Crippen molar-refractivity contribution in [2.45, 2.75) is 6.42 Å². The number of hydrogen-bond acceptors (Lipinski definition) is 5. The number of amides is 2. The molecule has 0 aliphatic carbocycles. The molecule has 7 heteroatoms. The smallest absolute Gasteiger partial charge is 0.279 e. The number of hydrazine groups is 1. The number of benzene rings is 1. The molecule has 0 unspecified atom stereocenters. The van der Waals surface area contributed by atoms with Crippen LogP contribution < -0.4 is 20.3 Å². The van der Waals surface area contributed by atoms with Crippen LogP contribution in [-0.4, -0.2) is 25.0 Å². The van der Waals surface area contributed by atoms with Gasteiger partial charge in [-0.2, -0.15) is 0 Å². The van der Waals surface area contributed by atoms with Gasteiger partial charge in [-0.05, 0) is 29.1 Å². The number of carbonyl (C=O) groups is 2. The van der Waals surface area contributed by atoms with Gasteiger partial charge in [-0.1, -0.05) is 12.1 Å². The van der Waals surface area contributed by atoms with Crippen molar-refractivity contribution in [3.63, 3.8) is 0 Å². The van der Waals surface area contributed by atoms with Crippen LogP contribution in [0.3, 0.4) is 0 Å². The van der Waals surface area contributed by atoms with Gasteiger partial charge in [0, 0.05) is 0 Å². The molecule has 2 heterocycles. The van der Waals surface area contributed by atoms with E-state index in [0.717, 1.165) is 5.56 Å². The van der Waals surface area contributed by atoms with Gasteiger partial charge in [0.1, 0.15) is 13.2 Å². The fourth-order valence-corrected chi connectivity index (χ4v) is 2.64. The second-order valence-corrected chi connectivity index (χ2v) is 5.58. The summed E-state index contributed by atoms with van der Waals surface area (Å²) in [4.78, 5) is 24.1. The van der Waals surface area contributed by atoms with Crippen LogP contribution in [0.1, 0.15) is 15.2 Å². The van der Waals surface area contributed by atoms with E-state index < -0.39 is 0 Å². The van der Waals surface area contributed by atoms with E-state index in [4.69, 9.17) is 9.47 Å². The predicted molar refractivity (Wildman–Crippen MR) is 81.1 cm³/mol. The lowest BCUT2D eigenvalue weighted by molar-refractivity contribution is -0.121. The number of thiophene rings is 1. The standard InChI is InChI=1S/C15H14N2O4S/c18-14(16-17-15(19)13-2-1-7-22-13)9-10-3-4-11-12(8-10)21-6-5-20-11/h1-4,7-8H,5-6,9H2,(H,16,18)(H,17,19). The topological polar surface area (TPSA) is 76.7 Å². The van der Waals surface area contributed by atoms with Crippen LogP contribution in [0.4, 0.5) is 0 Å². The molecule has 2 aromatic rings. The monoisotopic (exact) mass is 318 g/mol. The lowest BCUT2D eigenvalue weighted by Gasteiger charge is -2.18. The lowest BCUT2D eigenvalue weighted by Crippen LogP contribution is -2.42. The van der Waals surface area contributed by atoms with E-state index in [1.165, 1.54) is 11.3 Å². The molecule has 0 saturated carbocycles. The average molecular weight is 318 g/mol. The molecule has 2 N–H and O–H groups in total. The SMILES string of the molecule is O=C(Cc1ccc2c(c1)OCCO2)NNC(=O)c1cccs1. The van der Waals surface area contributed by atoms with Gasteiger partial charge in [0.25, 0.3) is 5.91 Å². The van der Waals surface area contributed by atoms with E-state index in [1.54, 1.807) is 35.7 Å². The Morgan fingerprint density at radius 3 is 2.68 bits per heavy atom. The van der Waals surface area contributed by atoms with Gasteiger partial charge in [0.2, 0.25) is 5.91 Å². The van der Waals surface area contributed by atoms with Crippen LogP contribution >= 0.6 is 11.3 Å². The third-order valence-corrected chi connectivity index (χ3v) is 3.90. The third kappa shape index (κ3) is 3.37. The maximum absolute atomic E-state index is 11.9. The van der Waals surface area contributed by atoms with Gasteiger partial charge in [0.15, 0.2) is 11.5 Å². The summed E-state index contributed by atoms with van der Waals surface area (Å²) in [5.74, 6) is 0.688. The molecule has 22 heavy (non-hydrogen) atoms. The van der Waals surface area contributed by atoms with E-state index in [-0.39, 0.29) is 18.2 Å². The van der Waals surface area contributed by atoms with Crippen molar-refractivity contribution >= 4 is 23.2 Å². The molecule has 0 bridgehead atoms. The van der Waals surface area contributed by atoms with E-state index >= 15 is 0 Å². The fraction of sp³-hybridized carbons (Fsp3) is 0.200. The number of fused-ring (bicyclic) bond motifs is 1. The molecule has 0 fully saturated rings. The molecule has 0 radical (unpaired) electrons. The van der Waals surface area contributed by atoms with Crippen LogP contribution in [0.25, 0.3) is 0 Å². The molecule has 0 saturated heterocycles. The highest BCUT2D eigenvalue weighted by Gasteiger charge is 2.13. The Kier molecular flexibility index (Phi) is 4.24. The van der Waals surface area contributed by atoms with E-state index in [2.05, 4.69) is 10.9 Å². The predicted octanol–water partition coefficient (Wildman–Crippen LogP) is 1.52. The molecule has 1 aromatic heterocycles. The zero-order valence-corrected chi connectivity index (χ0v) is 12.4. The molecule has 3 rings (SSSR count). The summed E-state index contributed by atoms with van der Waals surface area (Å²) in [5.41, 5.74) is 5.56. The van der Waals surface area contributed by atoms with Crippen LogP contribution in [0.15, 0.2) is 35.7 Å². The number of ether oxygens (including phenoxy) is 2. The Hall–Kier alpha value is -2.54. The first-order chi connectivity index (χ1) is 10.7. The summed E-state index contributed by atoms with van der Waals surface area (Å²) in [5, 5.41) is 1.80. The Morgan fingerprint density at radius 2 is 1.91 bits per heavy atom. The van der Waals surface area contributed by atoms with E-state index in [1.807, 2.05) is 0 Å². The molecule has 114 valence electrons. The Morgan fingerprint density at radius 1 is 1.09 bits per heavy atom. The van der Waals surface area contributed by atoms with Gasteiger partial charge < -0.3 is 9.47 Å². The minimum absolute atomic E-state index is 0.140. The van der Waals surface area contributed by atoms with Gasteiger partial charge in [-0.15, -0.1) is 11.3 Å². The average Bonchev–Trinajstić information content (AvgIpc) is 3.07. The van der Waals surface area contributed by atoms with Crippen molar-refractivity contribution in [1.29, 1.82) is 0 Å². The second-order valence-electron chi connectivity index (χ2n) is 4.63. The molecule has 0 spiro atoms. The van der Waals surface area contributed by atoms with Gasteiger partial charge in [0.05, 0.1) is 11.3 Å². The molecule has 2 amide bonds. The lowest BCUT2D eigenvalue weighted by atomic mass is 10.1. The number of rotatable bonds is 3. The quantitative estimate of drug-likeness (QED) is 0.841. The normalized spacial score (nSPS) is 12.5. The summed E-state index contributed by atoms with van der Waals surface area (Å²) in [6.07, 6.45) is 0.140. The molecule has 6 nitrogen and oxygen atoms in total. The van der Waals surface area contributed by atoms with E-state index in [9.17, 15) is 9.59 Å². The van der Waals surface area contributed by atoms with Gasteiger partial charge in [-0.25, -0.2) is 0 Å². The highest BCUT2D eigenvalue weighted by Crippen LogP contribution is 2.30. The molecular weight excluding hydrogens is 304 g/mol. The first-order valence-electron chi connectivity index (χ1n) is 6.73. The molecule has 1 aliphatic rings. The first-order valence-corrected chi connectivity index (χ1v) is 7.61. The van der Waals surface area contributed by atoms with Gasteiger partial charge in [-0.3, -0.25) is 20.4 Å². The summed E-state index contributed by atoms with van der Waals surface area (Å²) < 4.78 is 10.9. The largest absolute Gasteiger partial charge is 0.486 e. The maximum Gasteiger partial charge on any atom is 0.279 e. The zero-order valence-electron chi connectivity index (χ0n) is 11.6. The van der Waals surface area contributed by atoms with Crippen molar-refractivity contribution in [3.05, 3.63) is 46.2 Å². The Bertz CT molecular complexity index is 685. The zero-order chi connectivity index (χ0) is 15.4. The Labute approximate surface area is 131 Å². The highest BCUT2D eigenvalue weighted by molar-refractivity contribution is 7.12. The van der Waals surface area contributed by atoms with Gasteiger partial charge >= 0.3 is 0 Å². The second kappa shape index (κ2) is 6.48. The van der Waals surface area contributed by atoms with Crippen LogP contribution in [-0.2, 0) is 11.2 Å². The van der Waals surface area contributed by atoms with Crippen molar-refractivity contribution in [3.8, 4) is 11.5 Å².